The highest BCUT2D eigenvalue weighted by Crippen LogP contribution is 2.23. The van der Waals surface area contributed by atoms with Gasteiger partial charge in [0.1, 0.15) is 0 Å². The topological polar surface area (TPSA) is 63.4 Å². The lowest BCUT2D eigenvalue weighted by Crippen LogP contribution is -2.37. The number of aromatic nitrogens is 2. The normalized spacial score (nSPS) is 23.8. The molecule has 1 aromatic heterocycles. The molecule has 6 heteroatoms. The summed E-state index contributed by atoms with van der Waals surface area (Å²) in [5.74, 6) is 0.614. The van der Waals surface area contributed by atoms with Crippen LogP contribution in [0, 0.1) is 0 Å². The van der Waals surface area contributed by atoms with Crippen molar-refractivity contribution in [3.8, 4) is 0 Å². The molecule has 2 atom stereocenters. The van der Waals surface area contributed by atoms with Crippen molar-refractivity contribution in [1.82, 2.24) is 15.5 Å². The molecule has 2 rings (SSSR count). The molecular weight excluding hydrogens is 244 g/mol. The molecule has 2 heterocycles. The highest BCUT2D eigenvalue weighted by atomic mass is 16.5. The van der Waals surface area contributed by atoms with Gasteiger partial charge in [0.05, 0.1) is 18.7 Å². The van der Waals surface area contributed by atoms with E-state index in [2.05, 4.69) is 43.2 Å². The van der Waals surface area contributed by atoms with Crippen LogP contribution in [0.2, 0.25) is 0 Å². The Morgan fingerprint density at radius 2 is 2.11 bits per heavy atom. The molecule has 0 bridgehead atoms. The largest absolute Gasteiger partial charge is 0.407 e. The van der Waals surface area contributed by atoms with Crippen molar-refractivity contribution in [2.24, 2.45) is 0 Å². The number of anilines is 1. The van der Waals surface area contributed by atoms with Gasteiger partial charge in [-0.3, -0.25) is 0 Å². The highest BCUT2D eigenvalue weighted by molar-refractivity contribution is 5.26. The third kappa shape index (κ3) is 3.67. The number of hydrogen-bond donors (Lipinski definition) is 1. The van der Waals surface area contributed by atoms with Gasteiger partial charge in [-0.05, 0) is 34.1 Å². The standard InChI is InChI=1S/C13H24N4O2/c1-9-10(6-7-18-9)17(5)12-16-15-11(19-12)8-14-13(2,3)4/h9-10,14H,6-8H2,1-5H3. The van der Waals surface area contributed by atoms with E-state index in [1.807, 2.05) is 11.9 Å². The fraction of sp³-hybridized carbons (Fsp3) is 0.846. The monoisotopic (exact) mass is 268 g/mol. The number of hydrogen-bond acceptors (Lipinski definition) is 6. The van der Waals surface area contributed by atoms with Gasteiger partial charge in [-0.1, -0.05) is 5.10 Å². The summed E-state index contributed by atoms with van der Waals surface area (Å²) in [5, 5.41) is 11.5. The molecule has 1 N–H and O–H groups in total. The first kappa shape index (κ1) is 14.3. The molecular formula is C13H24N4O2. The van der Waals surface area contributed by atoms with Crippen molar-refractivity contribution in [1.29, 1.82) is 0 Å². The van der Waals surface area contributed by atoms with Crippen LogP contribution in [0.5, 0.6) is 0 Å². The average Bonchev–Trinajstić information content (AvgIpc) is 2.93. The van der Waals surface area contributed by atoms with E-state index >= 15 is 0 Å². The van der Waals surface area contributed by atoms with Crippen LogP contribution in [-0.2, 0) is 11.3 Å². The first-order valence-electron chi connectivity index (χ1n) is 6.78. The number of nitrogens with one attached hydrogen (secondary N) is 1. The minimum atomic E-state index is 0.0361. The molecule has 0 amide bonds. The summed E-state index contributed by atoms with van der Waals surface area (Å²) in [6.07, 6.45) is 1.20. The molecule has 0 aliphatic carbocycles. The molecule has 1 aliphatic heterocycles. The molecule has 1 aliphatic rings. The fourth-order valence-electron chi connectivity index (χ4n) is 2.17. The summed E-state index contributed by atoms with van der Waals surface area (Å²) >= 11 is 0. The maximum Gasteiger partial charge on any atom is 0.318 e. The third-order valence-corrected chi connectivity index (χ3v) is 3.36. The number of nitrogens with zero attached hydrogens (tertiary/aromatic N) is 3. The maximum atomic E-state index is 5.69. The zero-order valence-corrected chi connectivity index (χ0v) is 12.4. The first-order valence-corrected chi connectivity index (χ1v) is 6.78. The van der Waals surface area contributed by atoms with E-state index in [0.717, 1.165) is 13.0 Å². The van der Waals surface area contributed by atoms with Crippen LogP contribution < -0.4 is 10.2 Å². The fourth-order valence-corrected chi connectivity index (χ4v) is 2.17. The molecule has 1 fully saturated rings. The molecule has 2 unspecified atom stereocenters. The Morgan fingerprint density at radius 3 is 2.68 bits per heavy atom. The van der Waals surface area contributed by atoms with Crippen LogP contribution in [0.1, 0.15) is 40.0 Å². The van der Waals surface area contributed by atoms with Crippen molar-refractivity contribution in [2.75, 3.05) is 18.6 Å². The van der Waals surface area contributed by atoms with Crippen molar-refractivity contribution < 1.29 is 9.15 Å². The second-order valence-electron chi connectivity index (χ2n) is 6.12. The van der Waals surface area contributed by atoms with Gasteiger partial charge in [0.25, 0.3) is 0 Å². The van der Waals surface area contributed by atoms with Crippen molar-refractivity contribution in [2.45, 2.75) is 58.3 Å². The van der Waals surface area contributed by atoms with Crippen LogP contribution in [-0.4, -0.2) is 41.5 Å². The van der Waals surface area contributed by atoms with E-state index in [-0.39, 0.29) is 11.6 Å². The summed E-state index contributed by atoms with van der Waals surface area (Å²) in [6.45, 7) is 9.77. The third-order valence-electron chi connectivity index (χ3n) is 3.36. The van der Waals surface area contributed by atoms with Crippen molar-refractivity contribution in [3.05, 3.63) is 5.89 Å². The van der Waals surface area contributed by atoms with Gasteiger partial charge in [-0.25, -0.2) is 0 Å². The lowest BCUT2D eigenvalue weighted by atomic mass is 10.1. The van der Waals surface area contributed by atoms with Crippen LogP contribution in [0.4, 0.5) is 6.01 Å². The molecule has 108 valence electrons. The predicted octanol–water partition coefficient (Wildman–Crippen LogP) is 1.57. The van der Waals surface area contributed by atoms with Gasteiger partial charge < -0.3 is 19.4 Å². The van der Waals surface area contributed by atoms with E-state index in [1.165, 1.54) is 0 Å². The number of ether oxygens (including phenoxy) is 1. The molecule has 0 aromatic carbocycles. The Kier molecular flexibility index (Phi) is 4.10. The maximum absolute atomic E-state index is 5.69. The molecule has 1 aromatic rings. The van der Waals surface area contributed by atoms with Gasteiger partial charge in [0.2, 0.25) is 5.89 Å². The van der Waals surface area contributed by atoms with E-state index < -0.39 is 0 Å². The van der Waals surface area contributed by atoms with Crippen LogP contribution in [0.3, 0.4) is 0 Å². The summed E-state index contributed by atoms with van der Waals surface area (Å²) in [4.78, 5) is 2.02. The Labute approximate surface area is 114 Å². The first-order chi connectivity index (χ1) is 8.87. The Bertz CT molecular complexity index is 413. The summed E-state index contributed by atoms with van der Waals surface area (Å²) < 4.78 is 11.3. The lowest BCUT2D eigenvalue weighted by Gasteiger charge is -2.24. The van der Waals surface area contributed by atoms with Gasteiger partial charge in [0, 0.05) is 19.2 Å². The van der Waals surface area contributed by atoms with Crippen LogP contribution >= 0.6 is 0 Å². The Balaban J connectivity index is 1.96. The van der Waals surface area contributed by atoms with Crippen LogP contribution in [0.25, 0.3) is 0 Å². The highest BCUT2D eigenvalue weighted by Gasteiger charge is 2.30. The van der Waals surface area contributed by atoms with Gasteiger partial charge >= 0.3 is 6.01 Å². The number of likely N-dealkylation sites (N-methyl/N-ethyl adjacent to an activating group) is 1. The summed E-state index contributed by atoms with van der Waals surface area (Å²) in [5.41, 5.74) is 0.0361. The zero-order valence-electron chi connectivity index (χ0n) is 12.4. The quantitative estimate of drug-likeness (QED) is 0.894. The van der Waals surface area contributed by atoms with E-state index in [4.69, 9.17) is 9.15 Å². The Hall–Kier alpha value is -1.14. The average molecular weight is 268 g/mol. The summed E-state index contributed by atoms with van der Waals surface area (Å²) in [7, 11) is 1.98. The second-order valence-corrected chi connectivity index (χ2v) is 6.12. The van der Waals surface area contributed by atoms with Gasteiger partial charge in [0.15, 0.2) is 0 Å². The Morgan fingerprint density at radius 1 is 1.37 bits per heavy atom. The van der Waals surface area contributed by atoms with E-state index in [9.17, 15) is 0 Å². The number of rotatable bonds is 4. The van der Waals surface area contributed by atoms with Crippen molar-refractivity contribution >= 4 is 6.01 Å². The molecule has 0 spiro atoms. The minimum Gasteiger partial charge on any atom is -0.407 e. The van der Waals surface area contributed by atoms with Gasteiger partial charge in [-0.15, -0.1) is 5.10 Å². The van der Waals surface area contributed by atoms with Gasteiger partial charge in [-0.2, -0.15) is 0 Å². The lowest BCUT2D eigenvalue weighted by molar-refractivity contribution is 0.117. The second kappa shape index (κ2) is 5.46. The molecule has 19 heavy (non-hydrogen) atoms. The summed E-state index contributed by atoms with van der Waals surface area (Å²) in [6, 6.07) is 0.872. The molecule has 0 radical (unpaired) electrons. The minimum absolute atomic E-state index is 0.0361. The van der Waals surface area contributed by atoms with Crippen molar-refractivity contribution in [3.63, 3.8) is 0 Å². The van der Waals surface area contributed by atoms with E-state index in [0.29, 0.717) is 24.5 Å². The molecule has 0 saturated carbocycles. The molecule has 1 saturated heterocycles. The SMILES string of the molecule is CC1OCCC1N(C)c1nnc(CNC(C)(C)C)o1. The molecule has 6 nitrogen and oxygen atoms in total. The van der Waals surface area contributed by atoms with E-state index in [1.54, 1.807) is 0 Å². The van der Waals surface area contributed by atoms with Crippen LogP contribution in [0.15, 0.2) is 4.42 Å². The predicted molar refractivity (Wildman–Crippen MR) is 73.1 cm³/mol. The smallest absolute Gasteiger partial charge is 0.318 e. The zero-order chi connectivity index (χ0) is 14.0.